The summed E-state index contributed by atoms with van der Waals surface area (Å²) in [7, 11) is 1.24. The van der Waals surface area contributed by atoms with Crippen LogP contribution in [0.25, 0.3) is 0 Å². The lowest BCUT2D eigenvalue weighted by molar-refractivity contribution is -0.118. The number of thioether (sulfide) groups is 1. The third-order valence-electron chi connectivity index (χ3n) is 3.22. The van der Waals surface area contributed by atoms with Crippen molar-refractivity contribution in [2.45, 2.75) is 18.5 Å². The van der Waals surface area contributed by atoms with Crippen LogP contribution in [0.3, 0.4) is 0 Å². The first-order chi connectivity index (χ1) is 11.9. The van der Waals surface area contributed by atoms with E-state index in [-0.39, 0.29) is 22.2 Å². The molecule has 1 aromatic carbocycles. The average molecular weight is 382 g/mol. The third kappa shape index (κ3) is 5.33. The van der Waals surface area contributed by atoms with Gasteiger partial charge in [-0.3, -0.25) is 4.79 Å². The van der Waals surface area contributed by atoms with Gasteiger partial charge < -0.3 is 15.0 Å². The van der Waals surface area contributed by atoms with Crippen molar-refractivity contribution in [3.63, 3.8) is 0 Å². The Balaban J connectivity index is 2.00. The summed E-state index contributed by atoms with van der Waals surface area (Å²) in [6.45, 7) is 1.92. The van der Waals surface area contributed by atoms with Crippen LogP contribution in [-0.4, -0.2) is 34.7 Å². The molecule has 0 atom stereocenters. The van der Waals surface area contributed by atoms with Gasteiger partial charge in [-0.05, 0) is 24.6 Å². The molecule has 7 nitrogen and oxygen atoms in total. The summed E-state index contributed by atoms with van der Waals surface area (Å²) >= 11 is 6.81. The fourth-order valence-corrected chi connectivity index (χ4v) is 3.02. The summed E-state index contributed by atoms with van der Waals surface area (Å²) in [5, 5.41) is 3.53. The Morgan fingerprint density at radius 1 is 1.32 bits per heavy atom. The highest BCUT2D eigenvalue weighted by Crippen LogP contribution is 2.21. The zero-order chi connectivity index (χ0) is 18.4. The molecule has 0 aliphatic heterocycles. The van der Waals surface area contributed by atoms with Crippen LogP contribution in [0.2, 0.25) is 5.02 Å². The number of methoxy groups -OCH3 is 1. The van der Waals surface area contributed by atoms with Crippen LogP contribution in [0.15, 0.2) is 34.1 Å². The molecular weight excluding hydrogens is 366 g/mol. The van der Waals surface area contributed by atoms with Gasteiger partial charge in [0, 0.05) is 17.3 Å². The minimum absolute atomic E-state index is 0.00742. The lowest BCUT2D eigenvalue weighted by Gasteiger charge is -2.09. The van der Waals surface area contributed by atoms with Gasteiger partial charge in [0.15, 0.2) is 0 Å². The number of ether oxygens (including phenoxy) is 1. The smallest absolute Gasteiger partial charge is 0.346 e. The van der Waals surface area contributed by atoms with Crippen molar-refractivity contribution in [3.8, 4) is 0 Å². The van der Waals surface area contributed by atoms with Gasteiger partial charge in [-0.25, -0.2) is 9.59 Å². The number of halogens is 1. The van der Waals surface area contributed by atoms with Gasteiger partial charge in [0.1, 0.15) is 10.6 Å². The molecule has 9 heteroatoms. The molecule has 1 heterocycles. The Hall–Kier alpha value is -2.32. The molecule has 2 N–H and O–H groups in total. The van der Waals surface area contributed by atoms with E-state index in [2.05, 4.69) is 15.3 Å². The van der Waals surface area contributed by atoms with Crippen molar-refractivity contribution in [1.82, 2.24) is 15.3 Å². The fraction of sp³-hybridized carbons (Fsp3) is 0.250. The van der Waals surface area contributed by atoms with E-state index in [0.29, 0.717) is 17.3 Å². The van der Waals surface area contributed by atoms with Crippen molar-refractivity contribution >= 4 is 35.2 Å². The SMILES string of the molecule is COC(=O)c1c(SCC(=O)NCc2ccc(Cl)cc2)nc(=O)[nH]c1C. The van der Waals surface area contributed by atoms with Gasteiger partial charge in [-0.2, -0.15) is 4.98 Å². The minimum atomic E-state index is -0.620. The molecule has 2 rings (SSSR count). The Kier molecular flexibility index (Phi) is 6.60. The van der Waals surface area contributed by atoms with Crippen LogP contribution in [0, 0.1) is 6.92 Å². The lowest BCUT2D eigenvalue weighted by Crippen LogP contribution is -2.25. The number of aryl methyl sites for hydroxylation is 1. The van der Waals surface area contributed by atoms with Crippen LogP contribution >= 0.6 is 23.4 Å². The summed E-state index contributed by atoms with van der Waals surface area (Å²) in [6, 6.07) is 7.10. The molecular formula is C16H16ClN3O4S. The number of nitrogens with zero attached hydrogens (tertiary/aromatic N) is 1. The van der Waals surface area contributed by atoms with E-state index in [1.165, 1.54) is 7.11 Å². The Labute approximate surface area is 153 Å². The molecule has 0 aliphatic rings. The molecule has 0 saturated heterocycles. The van der Waals surface area contributed by atoms with E-state index in [1.54, 1.807) is 19.1 Å². The van der Waals surface area contributed by atoms with Gasteiger partial charge in [-0.1, -0.05) is 35.5 Å². The van der Waals surface area contributed by atoms with E-state index >= 15 is 0 Å². The number of hydrogen-bond acceptors (Lipinski definition) is 6. The highest BCUT2D eigenvalue weighted by Gasteiger charge is 2.19. The van der Waals surface area contributed by atoms with E-state index in [4.69, 9.17) is 16.3 Å². The first kappa shape index (κ1) is 19.0. The number of esters is 1. The number of rotatable bonds is 6. The number of H-pyrrole nitrogens is 1. The van der Waals surface area contributed by atoms with Crippen molar-refractivity contribution in [2.75, 3.05) is 12.9 Å². The van der Waals surface area contributed by atoms with Gasteiger partial charge >= 0.3 is 11.7 Å². The zero-order valence-corrected chi connectivity index (χ0v) is 15.2. The molecule has 0 radical (unpaired) electrons. The quantitative estimate of drug-likeness (QED) is 0.450. The predicted octanol–water partition coefficient (Wildman–Crippen LogP) is 1.93. The first-order valence-electron chi connectivity index (χ1n) is 7.24. The van der Waals surface area contributed by atoms with Crippen molar-refractivity contribution in [1.29, 1.82) is 0 Å². The summed E-state index contributed by atoms with van der Waals surface area (Å²) in [6.07, 6.45) is 0. The topological polar surface area (TPSA) is 101 Å². The number of amides is 1. The van der Waals surface area contributed by atoms with Gasteiger partial charge in [0.2, 0.25) is 5.91 Å². The monoisotopic (exact) mass is 381 g/mol. The van der Waals surface area contributed by atoms with E-state index in [0.717, 1.165) is 17.3 Å². The molecule has 0 saturated carbocycles. The standard InChI is InChI=1S/C16H16ClN3O4S/c1-9-13(15(22)24-2)14(20-16(23)19-9)25-8-12(21)18-7-10-3-5-11(17)6-4-10/h3-6H,7-8H2,1-2H3,(H,18,21)(H,19,20,23). The molecule has 1 aromatic heterocycles. The van der Waals surface area contributed by atoms with E-state index in [9.17, 15) is 14.4 Å². The summed E-state index contributed by atoms with van der Waals surface area (Å²) < 4.78 is 4.69. The fourth-order valence-electron chi connectivity index (χ4n) is 1.99. The first-order valence-corrected chi connectivity index (χ1v) is 8.60. The number of nitrogens with one attached hydrogen (secondary N) is 2. The largest absolute Gasteiger partial charge is 0.465 e. The molecule has 132 valence electrons. The maximum absolute atomic E-state index is 12.0. The molecule has 25 heavy (non-hydrogen) atoms. The second-order valence-electron chi connectivity index (χ2n) is 5.03. The molecule has 0 fully saturated rings. The maximum Gasteiger partial charge on any atom is 0.346 e. The number of aromatic amines is 1. The molecule has 2 aromatic rings. The Morgan fingerprint density at radius 3 is 2.64 bits per heavy atom. The number of carbonyl (C=O) groups is 2. The second-order valence-corrected chi connectivity index (χ2v) is 6.43. The third-order valence-corrected chi connectivity index (χ3v) is 4.45. The molecule has 0 unspecified atom stereocenters. The maximum atomic E-state index is 12.0. The van der Waals surface area contributed by atoms with Crippen molar-refractivity contribution < 1.29 is 14.3 Å². The molecule has 0 aliphatic carbocycles. The second kappa shape index (κ2) is 8.68. The Bertz CT molecular complexity index is 836. The van der Waals surface area contributed by atoms with Crippen LogP contribution in [-0.2, 0) is 16.1 Å². The number of aromatic nitrogens is 2. The van der Waals surface area contributed by atoms with Crippen molar-refractivity contribution in [2.24, 2.45) is 0 Å². The van der Waals surface area contributed by atoms with Crippen LogP contribution in [0.1, 0.15) is 21.6 Å². The lowest BCUT2D eigenvalue weighted by atomic mass is 10.2. The van der Waals surface area contributed by atoms with Gasteiger partial charge in [0.05, 0.1) is 12.9 Å². The van der Waals surface area contributed by atoms with Crippen molar-refractivity contribution in [3.05, 3.63) is 56.6 Å². The number of benzene rings is 1. The normalized spacial score (nSPS) is 10.4. The zero-order valence-electron chi connectivity index (χ0n) is 13.6. The molecule has 1 amide bonds. The highest BCUT2D eigenvalue weighted by atomic mass is 35.5. The van der Waals surface area contributed by atoms with Crippen LogP contribution in [0.4, 0.5) is 0 Å². The summed E-state index contributed by atoms with van der Waals surface area (Å²) in [5.74, 6) is -0.867. The Morgan fingerprint density at radius 2 is 2.00 bits per heavy atom. The summed E-state index contributed by atoms with van der Waals surface area (Å²) in [5.41, 5.74) is 0.811. The highest BCUT2D eigenvalue weighted by molar-refractivity contribution is 8.00. The van der Waals surface area contributed by atoms with E-state index < -0.39 is 11.7 Å². The minimum Gasteiger partial charge on any atom is -0.465 e. The average Bonchev–Trinajstić information content (AvgIpc) is 2.58. The number of carbonyl (C=O) groups excluding carboxylic acids is 2. The van der Waals surface area contributed by atoms with Crippen LogP contribution < -0.4 is 11.0 Å². The van der Waals surface area contributed by atoms with Gasteiger partial charge in [-0.15, -0.1) is 0 Å². The number of hydrogen-bond donors (Lipinski definition) is 2. The molecule has 0 spiro atoms. The predicted molar refractivity (Wildman–Crippen MR) is 95.0 cm³/mol. The van der Waals surface area contributed by atoms with Gasteiger partial charge in [0.25, 0.3) is 0 Å². The summed E-state index contributed by atoms with van der Waals surface area (Å²) in [4.78, 5) is 41.5. The van der Waals surface area contributed by atoms with Crippen LogP contribution in [0.5, 0.6) is 0 Å². The molecule has 0 bridgehead atoms. The van der Waals surface area contributed by atoms with E-state index in [1.807, 2.05) is 12.1 Å².